The van der Waals surface area contributed by atoms with Gasteiger partial charge in [-0.3, -0.25) is 4.79 Å². The van der Waals surface area contributed by atoms with E-state index in [1.165, 1.54) is 0 Å². The largest absolute Gasteiger partial charge is 0.468 e. The third-order valence-corrected chi connectivity index (χ3v) is 2.04. The van der Waals surface area contributed by atoms with Crippen LogP contribution in [0, 0.1) is 0 Å². The summed E-state index contributed by atoms with van der Waals surface area (Å²) >= 11 is 0. The van der Waals surface area contributed by atoms with E-state index in [4.69, 9.17) is 0 Å². The molecule has 0 bridgehead atoms. The number of ether oxygens (including phenoxy) is 1. The maximum Gasteiger partial charge on any atom is 0.389 e. The average molecular weight is 226 g/mol. The van der Waals surface area contributed by atoms with Crippen LogP contribution >= 0.6 is 0 Å². The number of hydrogen-bond acceptors (Lipinski definition) is 2. The molecule has 2 nitrogen and oxygen atoms in total. The van der Waals surface area contributed by atoms with Crippen LogP contribution in [0.2, 0.25) is 0 Å². The highest BCUT2D eigenvalue weighted by molar-refractivity contribution is 5.36. The minimum absolute atomic E-state index is 0.217. The quantitative estimate of drug-likeness (QED) is 0.444. The second kappa shape index (κ2) is 8.56. The Kier molecular flexibility index (Phi) is 8.14. The predicted octanol–water partition coefficient (Wildman–Crippen LogP) is 3.45. The summed E-state index contributed by atoms with van der Waals surface area (Å²) in [5, 5.41) is 0. The lowest BCUT2D eigenvalue weighted by Crippen LogP contribution is -2.06. The third kappa shape index (κ3) is 13.3. The lowest BCUT2D eigenvalue weighted by molar-refractivity contribution is -0.135. The highest BCUT2D eigenvalue weighted by Gasteiger charge is 2.25. The van der Waals surface area contributed by atoms with Crippen LogP contribution in [0.3, 0.4) is 0 Å². The molecule has 0 fully saturated rings. The lowest BCUT2D eigenvalue weighted by atomic mass is 10.1. The van der Waals surface area contributed by atoms with Crippen molar-refractivity contribution in [3.8, 4) is 0 Å². The molecule has 0 atom stereocenters. The van der Waals surface area contributed by atoms with Crippen LogP contribution in [-0.2, 0) is 9.53 Å². The third-order valence-electron chi connectivity index (χ3n) is 2.04. The second-order valence-corrected chi connectivity index (χ2v) is 3.45. The number of rotatable bonds is 9. The standard InChI is InChI=1S/C10H17F3O2/c11-10(12,13)7-5-3-1-2-4-6-8-15-9-14/h9H,1-8H2. The van der Waals surface area contributed by atoms with Crippen LogP contribution in [0.4, 0.5) is 13.2 Å². The molecule has 0 unspecified atom stereocenters. The van der Waals surface area contributed by atoms with Crippen LogP contribution in [0.1, 0.15) is 44.9 Å². The molecule has 0 aliphatic rings. The summed E-state index contributed by atoms with van der Waals surface area (Å²) < 4.78 is 39.6. The molecule has 0 aliphatic carbocycles. The Morgan fingerprint density at radius 2 is 1.47 bits per heavy atom. The van der Waals surface area contributed by atoms with Crippen LogP contribution in [0.25, 0.3) is 0 Å². The van der Waals surface area contributed by atoms with Gasteiger partial charge in [-0.15, -0.1) is 0 Å². The van der Waals surface area contributed by atoms with Gasteiger partial charge in [0.2, 0.25) is 0 Å². The molecule has 5 heteroatoms. The Hall–Kier alpha value is -0.740. The fourth-order valence-corrected chi connectivity index (χ4v) is 1.27. The topological polar surface area (TPSA) is 26.3 Å². The van der Waals surface area contributed by atoms with Crippen LogP contribution in [-0.4, -0.2) is 19.3 Å². The fraction of sp³-hybridized carbons (Fsp3) is 0.900. The molecule has 0 heterocycles. The van der Waals surface area contributed by atoms with E-state index in [1.54, 1.807) is 0 Å². The van der Waals surface area contributed by atoms with E-state index in [-0.39, 0.29) is 6.42 Å². The molecule has 0 aromatic rings. The molecule has 0 radical (unpaired) electrons. The van der Waals surface area contributed by atoms with E-state index in [0.29, 0.717) is 19.5 Å². The van der Waals surface area contributed by atoms with E-state index in [0.717, 1.165) is 25.7 Å². The van der Waals surface area contributed by atoms with Crippen molar-refractivity contribution < 1.29 is 22.7 Å². The SMILES string of the molecule is O=COCCCCCCCCC(F)(F)F. The van der Waals surface area contributed by atoms with Gasteiger partial charge in [-0.25, -0.2) is 0 Å². The van der Waals surface area contributed by atoms with E-state index in [2.05, 4.69) is 4.74 Å². The molecular formula is C10H17F3O2. The van der Waals surface area contributed by atoms with Gasteiger partial charge in [-0.1, -0.05) is 25.7 Å². The van der Waals surface area contributed by atoms with Gasteiger partial charge in [0.25, 0.3) is 6.47 Å². The molecular weight excluding hydrogens is 209 g/mol. The van der Waals surface area contributed by atoms with Gasteiger partial charge in [-0.2, -0.15) is 13.2 Å². The van der Waals surface area contributed by atoms with Crippen molar-refractivity contribution in [2.45, 2.75) is 51.1 Å². The van der Waals surface area contributed by atoms with Crippen molar-refractivity contribution >= 4 is 6.47 Å². The van der Waals surface area contributed by atoms with Crippen molar-refractivity contribution in [2.24, 2.45) is 0 Å². The van der Waals surface area contributed by atoms with Crippen LogP contribution in [0.15, 0.2) is 0 Å². The second-order valence-electron chi connectivity index (χ2n) is 3.45. The predicted molar refractivity (Wildman–Crippen MR) is 50.4 cm³/mol. The van der Waals surface area contributed by atoms with Crippen molar-refractivity contribution in [1.82, 2.24) is 0 Å². The molecule has 90 valence electrons. The minimum atomic E-state index is -4.02. The Morgan fingerprint density at radius 3 is 2.00 bits per heavy atom. The zero-order valence-corrected chi connectivity index (χ0v) is 8.68. The Bertz CT molecular complexity index is 157. The highest BCUT2D eigenvalue weighted by Crippen LogP contribution is 2.23. The minimum Gasteiger partial charge on any atom is -0.468 e. The number of alkyl halides is 3. The van der Waals surface area contributed by atoms with Gasteiger partial charge in [0, 0.05) is 6.42 Å². The van der Waals surface area contributed by atoms with Gasteiger partial charge in [0.1, 0.15) is 0 Å². The Morgan fingerprint density at radius 1 is 0.933 bits per heavy atom. The molecule has 0 rings (SSSR count). The number of unbranched alkanes of at least 4 members (excludes halogenated alkanes) is 5. The molecule has 0 spiro atoms. The fourth-order valence-electron chi connectivity index (χ4n) is 1.27. The molecule has 0 aromatic heterocycles. The van der Waals surface area contributed by atoms with Gasteiger partial charge >= 0.3 is 6.18 Å². The van der Waals surface area contributed by atoms with Gasteiger partial charge < -0.3 is 4.74 Å². The lowest BCUT2D eigenvalue weighted by Gasteiger charge is -2.05. The first-order chi connectivity index (χ1) is 7.06. The van der Waals surface area contributed by atoms with Gasteiger partial charge in [0.05, 0.1) is 6.61 Å². The average Bonchev–Trinajstić information content (AvgIpc) is 2.14. The van der Waals surface area contributed by atoms with E-state index >= 15 is 0 Å². The highest BCUT2D eigenvalue weighted by atomic mass is 19.4. The number of halogens is 3. The molecule has 0 saturated heterocycles. The summed E-state index contributed by atoms with van der Waals surface area (Å²) in [5.74, 6) is 0. The first-order valence-corrected chi connectivity index (χ1v) is 5.18. The molecule has 15 heavy (non-hydrogen) atoms. The summed E-state index contributed by atoms with van der Waals surface area (Å²) in [6, 6.07) is 0. The summed E-state index contributed by atoms with van der Waals surface area (Å²) in [6.07, 6.45) is -0.448. The van der Waals surface area contributed by atoms with Crippen LogP contribution < -0.4 is 0 Å². The smallest absolute Gasteiger partial charge is 0.389 e. The maximum atomic E-state index is 11.7. The van der Waals surface area contributed by atoms with Crippen LogP contribution in [0.5, 0.6) is 0 Å². The number of carbonyl (C=O) groups excluding carboxylic acids is 1. The first kappa shape index (κ1) is 14.3. The van der Waals surface area contributed by atoms with Gasteiger partial charge in [0.15, 0.2) is 0 Å². The molecule has 0 saturated carbocycles. The van der Waals surface area contributed by atoms with Gasteiger partial charge in [-0.05, 0) is 12.8 Å². The number of hydrogen-bond donors (Lipinski definition) is 0. The van der Waals surface area contributed by atoms with E-state index in [1.807, 2.05) is 0 Å². The van der Waals surface area contributed by atoms with E-state index < -0.39 is 12.6 Å². The maximum absolute atomic E-state index is 11.7. The van der Waals surface area contributed by atoms with Crippen molar-refractivity contribution in [3.63, 3.8) is 0 Å². The zero-order chi connectivity index (χ0) is 11.6. The summed E-state index contributed by atoms with van der Waals surface area (Å²) in [5.41, 5.74) is 0. The first-order valence-electron chi connectivity index (χ1n) is 5.18. The summed E-state index contributed by atoms with van der Waals surface area (Å²) in [7, 11) is 0. The normalized spacial score (nSPS) is 11.4. The molecule has 0 aliphatic heterocycles. The molecule has 0 aromatic carbocycles. The van der Waals surface area contributed by atoms with Crippen molar-refractivity contribution in [2.75, 3.05) is 6.61 Å². The van der Waals surface area contributed by atoms with Crippen molar-refractivity contribution in [1.29, 1.82) is 0 Å². The van der Waals surface area contributed by atoms with Crippen molar-refractivity contribution in [3.05, 3.63) is 0 Å². The number of carbonyl (C=O) groups is 1. The Labute approximate surface area is 87.8 Å². The monoisotopic (exact) mass is 226 g/mol. The molecule has 0 amide bonds. The molecule has 0 N–H and O–H groups in total. The summed E-state index contributed by atoms with van der Waals surface area (Å²) in [4.78, 5) is 9.74. The Balaban J connectivity index is 3.02. The summed E-state index contributed by atoms with van der Waals surface area (Å²) in [6.45, 7) is 0.815. The zero-order valence-electron chi connectivity index (χ0n) is 8.68. The van der Waals surface area contributed by atoms with E-state index in [9.17, 15) is 18.0 Å².